The number of aromatic nitrogens is 1. The van der Waals surface area contributed by atoms with Gasteiger partial charge in [-0.25, -0.2) is 4.79 Å². The summed E-state index contributed by atoms with van der Waals surface area (Å²) < 4.78 is 1.74. The van der Waals surface area contributed by atoms with Gasteiger partial charge in [-0.15, -0.1) is 0 Å². The first-order chi connectivity index (χ1) is 6.88. The zero-order chi connectivity index (χ0) is 11.6. The van der Waals surface area contributed by atoms with Crippen molar-refractivity contribution in [3.8, 4) is 0 Å². The Morgan fingerprint density at radius 3 is 2.67 bits per heavy atom. The maximum atomic E-state index is 11.0. The standard InChI is InChI=1S/C11H16ClNO2/c1-4-5-11(2,3)13-7-8(12)6-9(13)10(14)15/h6-7H,4-5H2,1-3H3,(H,14,15). The Bertz CT molecular complexity index is 369. The van der Waals surface area contributed by atoms with E-state index in [0.717, 1.165) is 12.8 Å². The number of carboxylic acid groups (broad SMARTS) is 1. The van der Waals surface area contributed by atoms with Crippen molar-refractivity contribution < 1.29 is 9.90 Å². The molecule has 0 aromatic carbocycles. The fraction of sp³-hybridized carbons (Fsp3) is 0.545. The third-order valence-electron chi connectivity index (χ3n) is 2.52. The molecule has 3 nitrogen and oxygen atoms in total. The molecular weight excluding hydrogens is 214 g/mol. The summed E-state index contributed by atoms with van der Waals surface area (Å²) in [4.78, 5) is 11.0. The first-order valence-electron chi connectivity index (χ1n) is 5.00. The number of hydrogen-bond donors (Lipinski definition) is 1. The molecule has 0 bridgehead atoms. The molecule has 15 heavy (non-hydrogen) atoms. The number of carbonyl (C=O) groups is 1. The van der Waals surface area contributed by atoms with Gasteiger partial charge in [-0.05, 0) is 26.3 Å². The molecule has 1 N–H and O–H groups in total. The first kappa shape index (κ1) is 12.1. The summed E-state index contributed by atoms with van der Waals surface area (Å²) in [5.74, 6) is -0.939. The number of aromatic carboxylic acids is 1. The SMILES string of the molecule is CCCC(C)(C)n1cc(Cl)cc1C(=O)O. The van der Waals surface area contributed by atoms with Crippen LogP contribution in [0.3, 0.4) is 0 Å². The molecule has 0 amide bonds. The van der Waals surface area contributed by atoms with E-state index in [1.165, 1.54) is 6.07 Å². The second kappa shape index (κ2) is 4.27. The maximum absolute atomic E-state index is 11.0. The Balaban J connectivity index is 3.17. The molecule has 0 spiro atoms. The van der Waals surface area contributed by atoms with E-state index in [1.54, 1.807) is 10.8 Å². The second-order valence-corrected chi connectivity index (χ2v) is 4.72. The lowest BCUT2D eigenvalue weighted by Crippen LogP contribution is -2.28. The minimum absolute atomic E-state index is 0.213. The molecule has 0 aliphatic rings. The van der Waals surface area contributed by atoms with Crippen molar-refractivity contribution in [1.82, 2.24) is 4.57 Å². The predicted octanol–water partition coefficient (Wildman–Crippen LogP) is 3.37. The van der Waals surface area contributed by atoms with E-state index in [0.29, 0.717) is 5.02 Å². The Morgan fingerprint density at radius 2 is 2.20 bits per heavy atom. The Hall–Kier alpha value is -0.960. The summed E-state index contributed by atoms with van der Waals surface area (Å²) in [5.41, 5.74) is 0.0359. The van der Waals surface area contributed by atoms with Crippen LogP contribution in [0.25, 0.3) is 0 Å². The highest BCUT2D eigenvalue weighted by atomic mass is 35.5. The summed E-state index contributed by atoms with van der Waals surface area (Å²) in [6.07, 6.45) is 3.60. The third kappa shape index (κ3) is 2.53. The number of nitrogens with zero attached hydrogens (tertiary/aromatic N) is 1. The summed E-state index contributed by atoms with van der Waals surface area (Å²) in [7, 11) is 0. The van der Waals surface area contributed by atoms with Gasteiger partial charge in [0, 0.05) is 11.7 Å². The highest BCUT2D eigenvalue weighted by molar-refractivity contribution is 6.30. The largest absolute Gasteiger partial charge is 0.477 e. The highest BCUT2D eigenvalue weighted by Crippen LogP contribution is 2.27. The Kier molecular flexibility index (Phi) is 3.45. The van der Waals surface area contributed by atoms with Crippen molar-refractivity contribution in [3.05, 3.63) is 23.0 Å². The molecule has 1 heterocycles. The first-order valence-corrected chi connectivity index (χ1v) is 5.38. The molecule has 1 rings (SSSR count). The smallest absolute Gasteiger partial charge is 0.352 e. The van der Waals surface area contributed by atoms with Crippen LogP contribution in [-0.4, -0.2) is 15.6 Å². The van der Waals surface area contributed by atoms with E-state index in [4.69, 9.17) is 16.7 Å². The summed E-state index contributed by atoms with van der Waals surface area (Å²) in [5, 5.41) is 9.50. The van der Waals surface area contributed by atoms with Gasteiger partial charge in [0.05, 0.1) is 5.02 Å². The van der Waals surface area contributed by atoms with Crippen LogP contribution in [0.4, 0.5) is 0 Å². The molecular formula is C11H16ClNO2. The van der Waals surface area contributed by atoms with E-state index in [9.17, 15) is 4.79 Å². The van der Waals surface area contributed by atoms with E-state index < -0.39 is 5.97 Å². The van der Waals surface area contributed by atoms with Crippen molar-refractivity contribution in [3.63, 3.8) is 0 Å². The average Bonchev–Trinajstić information content (AvgIpc) is 2.47. The molecule has 1 aromatic heterocycles. The normalized spacial score (nSPS) is 11.7. The zero-order valence-electron chi connectivity index (χ0n) is 9.25. The van der Waals surface area contributed by atoms with Crippen molar-refractivity contribution in [2.45, 2.75) is 39.2 Å². The van der Waals surface area contributed by atoms with E-state index in [-0.39, 0.29) is 11.2 Å². The number of rotatable bonds is 4. The predicted molar refractivity (Wildman–Crippen MR) is 60.6 cm³/mol. The summed E-state index contributed by atoms with van der Waals surface area (Å²) in [6, 6.07) is 1.49. The molecule has 1 aromatic rings. The van der Waals surface area contributed by atoms with Crippen LogP contribution in [-0.2, 0) is 5.54 Å². The Morgan fingerprint density at radius 1 is 1.60 bits per heavy atom. The molecule has 0 aliphatic heterocycles. The van der Waals surface area contributed by atoms with Gasteiger partial charge in [0.2, 0.25) is 0 Å². The van der Waals surface area contributed by atoms with Gasteiger partial charge >= 0.3 is 5.97 Å². The number of carboxylic acids is 1. The van der Waals surface area contributed by atoms with Crippen LogP contribution in [0.5, 0.6) is 0 Å². The van der Waals surface area contributed by atoms with Crippen molar-refractivity contribution in [2.24, 2.45) is 0 Å². The van der Waals surface area contributed by atoms with Gasteiger partial charge in [-0.1, -0.05) is 24.9 Å². The van der Waals surface area contributed by atoms with Crippen LogP contribution in [0.2, 0.25) is 5.02 Å². The van der Waals surface area contributed by atoms with Gasteiger partial charge in [0.25, 0.3) is 0 Å². The van der Waals surface area contributed by atoms with E-state index in [2.05, 4.69) is 6.92 Å². The monoisotopic (exact) mass is 229 g/mol. The highest BCUT2D eigenvalue weighted by Gasteiger charge is 2.24. The van der Waals surface area contributed by atoms with Crippen molar-refractivity contribution in [1.29, 1.82) is 0 Å². The molecule has 84 valence electrons. The maximum Gasteiger partial charge on any atom is 0.352 e. The molecule has 0 unspecified atom stereocenters. The number of halogens is 1. The van der Waals surface area contributed by atoms with Crippen molar-refractivity contribution in [2.75, 3.05) is 0 Å². The third-order valence-corrected chi connectivity index (χ3v) is 2.73. The zero-order valence-corrected chi connectivity index (χ0v) is 10.0. The molecule has 0 radical (unpaired) electrons. The van der Waals surface area contributed by atoms with Crippen LogP contribution in [0, 0.1) is 0 Å². The lowest BCUT2D eigenvalue weighted by molar-refractivity contribution is 0.0676. The average molecular weight is 230 g/mol. The van der Waals surface area contributed by atoms with Crippen LogP contribution in [0.1, 0.15) is 44.1 Å². The van der Waals surface area contributed by atoms with Crippen LogP contribution >= 0.6 is 11.6 Å². The lowest BCUT2D eigenvalue weighted by Gasteiger charge is -2.28. The van der Waals surface area contributed by atoms with Crippen LogP contribution < -0.4 is 0 Å². The fourth-order valence-electron chi connectivity index (χ4n) is 1.83. The molecule has 0 fully saturated rings. The molecule has 0 saturated heterocycles. The summed E-state index contributed by atoms with van der Waals surface area (Å²) in [6.45, 7) is 6.10. The molecule has 0 aliphatic carbocycles. The quantitative estimate of drug-likeness (QED) is 0.860. The van der Waals surface area contributed by atoms with E-state index >= 15 is 0 Å². The second-order valence-electron chi connectivity index (χ2n) is 4.28. The fourth-order valence-corrected chi connectivity index (χ4v) is 2.03. The van der Waals surface area contributed by atoms with Gasteiger partial charge in [-0.3, -0.25) is 0 Å². The van der Waals surface area contributed by atoms with Gasteiger partial charge in [0.15, 0.2) is 0 Å². The topological polar surface area (TPSA) is 42.2 Å². The molecule has 4 heteroatoms. The van der Waals surface area contributed by atoms with Gasteiger partial charge in [0.1, 0.15) is 5.69 Å². The Labute approximate surface area is 94.7 Å². The molecule has 0 saturated carbocycles. The van der Waals surface area contributed by atoms with Crippen molar-refractivity contribution >= 4 is 17.6 Å². The van der Waals surface area contributed by atoms with E-state index in [1.807, 2.05) is 13.8 Å². The van der Waals surface area contributed by atoms with Gasteiger partial charge < -0.3 is 9.67 Å². The van der Waals surface area contributed by atoms with Gasteiger partial charge in [-0.2, -0.15) is 0 Å². The van der Waals surface area contributed by atoms with Crippen LogP contribution in [0.15, 0.2) is 12.3 Å². The number of hydrogen-bond acceptors (Lipinski definition) is 1. The minimum Gasteiger partial charge on any atom is -0.477 e. The summed E-state index contributed by atoms with van der Waals surface area (Å²) >= 11 is 5.83. The minimum atomic E-state index is -0.939. The lowest BCUT2D eigenvalue weighted by atomic mass is 9.98. The molecule has 0 atom stereocenters.